The predicted octanol–water partition coefficient (Wildman–Crippen LogP) is 0.504. The minimum absolute atomic E-state index is 0.0582. The van der Waals surface area contributed by atoms with Crippen molar-refractivity contribution < 1.29 is 13.5 Å². The fraction of sp³-hybridized carbons (Fsp3) is 0.500. The van der Waals surface area contributed by atoms with Crippen molar-refractivity contribution in [1.82, 2.24) is 4.72 Å². The molecule has 0 saturated heterocycles. The van der Waals surface area contributed by atoms with Crippen LogP contribution in [0.3, 0.4) is 0 Å². The van der Waals surface area contributed by atoms with Gasteiger partial charge in [-0.2, -0.15) is 0 Å². The second-order valence-electron chi connectivity index (χ2n) is 4.89. The van der Waals surface area contributed by atoms with Crippen molar-refractivity contribution in [3.63, 3.8) is 0 Å². The van der Waals surface area contributed by atoms with Crippen LogP contribution in [0.15, 0.2) is 23.1 Å². The molecule has 0 radical (unpaired) electrons. The molecule has 1 fully saturated rings. The van der Waals surface area contributed by atoms with Crippen molar-refractivity contribution in [3.05, 3.63) is 18.2 Å². The standard InChI is InChI=1S/C12H19N3O3S/c1-14-19(17,18)11-4-3-9(7-10(11)13)15-8-12(16)5-2-6-12/h3-4,7,14-16H,2,5-6,8,13H2,1H3. The van der Waals surface area contributed by atoms with E-state index in [1.165, 1.54) is 13.1 Å². The number of rotatable bonds is 5. The highest BCUT2D eigenvalue weighted by atomic mass is 32.2. The number of benzene rings is 1. The summed E-state index contributed by atoms with van der Waals surface area (Å²) in [5.74, 6) is 0. The molecule has 1 saturated carbocycles. The average Bonchev–Trinajstić information content (AvgIpc) is 2.34. The number of anilines is 2. The SMILES string of the molecule is CNS(=O)(=O)c1ccc(NCC2(O)CCC2)cc1N. The van der Waals surface area contributed by atoms with E-state index >= 15 is 0 Å². The van der Waals surface area contributed by atoms with Crippen LogP contribution in [-0.4, -0.2) is 32.7 Å². The molecular formula is C12H19N3O3S. The van der Waals surface area contributed by atoms with Crippen molar-refractivity contribution in [2.75, 3.05) is 24.6 Å². The Bertz CT molecular complexity index is 568. The molecule has 1 aromatic rings. The number of hydrogen-bond donors (Lipinski definition) is 4. The maximum atomic E-state index is 11.7. The molecule has 106 valence electrons. The molecule has 0 heterocycles. The molecule has 1 aromatic carbocycles. The Balaban J connectivity index is 2.11. The third kappa shape index (κ3) is 2.99. The van der Waals surface area contributed by atoms with Crippen molar-refractivity contribution in [2.24, 2.45) is 0 Å². The van der Waals surface area contributed by atoms with E-state index < -0.39 is 15.6 Å². The van der Waals surface area contributed by atoms with Crippen molar-refractivity contribution in [2.45, 2.75) is 29.8 Å². The second kappa shape index (κ2) is 4.99. The van der Waals surface area contributed by atoms with Gasteiger partial charge >= 0.3 is 0 Å². The summed E-state index contributed by atoms with van der Waals surface area (Å²) in [4.78, 5) is 0.0582. The van der Waals surface area contributed by atoms with Gasteiger partial charge in [0.2, 0.25) is 10.0 Å². The van der Waals surface area contributed by atoms with Crippen LogP contribution in [0.5, 0.6) is 0 Å². The second-order valence-corrected chi connectivity index (χ2v) is 6.75. The monoisotopic (exact) mass is 285 g/mol. The summed E-state index contributed by atoms with van der Waals surface area (Å²) in [6.07, 6.45) is 2.63. The largest absolute Gasteiger partial charge is 0.398 e. The van der Waals surface area contributed by atoms with Crippen LogP contribution in [0.25, 0.3) is 0 Å². The molecule has 5 N–H and O–H groups in total. The highest BCUT2D eigenvalue weighted by Crippen LogP contribution is 2.32. The van der Waals surface area contributed by atoms with Crippen LogP contribution in [0.2, 0.25) is 0 Å². The van der Waals surface area contributed by atoms with Crippen molar-refractivity contribution in [1.29, 1.82) is 0 Å². The number of nitrogen functional groups attached to an aromatic ring is 1. The summed E-state index contributed by atoms with van der Waals surface area (Å²) in [6.45, 7) is 0.449. The Morgan fingerprint density at radius 3 is 2.58 bits per heavy atom. The molecule has 19 heavy (non-hydrogen) atoms. The molecule has 6 nitrogen and oxygen atoms in total. The Morgan fingerprint density at radius 2 is 2.11 bits per heavy atom. The van der Waals surface area contributed by atoms with Crippen molar-refractivity contribution in [3.8, 4) is 0 Å². The average molecular weight is 285 g/mol. The Kier molecular flexibility index (Phi) is 3.71. The molecule has 0 atom stereocenters. The van der Waals surface area contributed by atoms with Gasteiger partial charge in [0.05, 0.1) is 11.3 Å². The zero-order valence-corrected chi connectivity index (χ0v) is 11.6. The minimum atomic E-state index is -3.53. The van der Waals surface area contributed by atoms with E-state index in [0.29, 0.717) is 12.2 Å². The van der Waals surface area contributed by atoms with Crippen LogP contribution in [-0.2, 0) is 10.0 Å². The van der Waals surface area contributed by atoms with Gasteiger partial charge in [-0.25, -0.2) is 13.1 Å². The number of sulfonamides is 1. The molecule has 0 bridgehead atoms. The molecule has 0 amide bonds. The molecule has 7 heteroatoms. The molecule has 0 spiro atoms. The van der Waals surface area contributed by atoms with Crippen LogP contribution < -0.4 is 15.8 Å². The normalized spacial score (nSPS) is 17.8. The van der Waals surface area contributed by atoms with Crippen LogP contribution in [0, 0.1) is 0 Å². The number of nitrogens with two attached hydrogens (primary N) is 1. The van der Waals surface area contributed by atoms with Crippen LogP contribution >= 0.6 is 0 Å². The van der Waals surface area contributed by atoms with Gasteiger partial charge in [0.25, 0.3) is 0 Å². The van der Waals surface area contributed by atoms with Gasteiger partial charge in [-0.05, 0) is 44.5 Å². The lowest BCUT2D eigenvalue weighted by molar-refractivity contribution is -0.0201. The summed E-state index contributed by atoms with van der Waals surface area (Å²) in [7, 11) is -2.19. The van der Waals surface area contributed by atoms with E-state index in [4.69, 9.17) is 5.73 Å². The number of aliphatic hydroxyl groups is 1. The van der Waals surface area contributed by atoms with E-state index in [-0.39, 0.29) is 10.6 Å². The van der Waals surface area contributed by atoms with Gasteiger partial charge in [-0.1, -0.05) is 0 Å². The first-order valence-corrected chi connectivity index (χ1v) is 7.64. The van der Waals surface area contributed by atoms with Gasteiger partial charge in [0.15, 0.2) is 0 Å². The predicted molar refractivity (Wildman–Crippen MR) is 74.4 cm³/mol. The van der Waals surface area contributed by atoms with Crippen LogP contribution in [0.4, 0.5) is 11.4 Å². The zero-order valence-electron chi connectivity index (χ0n) is 10.8. The molecule has 0 unspecified atom stereocenters. The summed E-state index contributed by atoms with van der Waals surface area (Å²) < 4.78 is 25.5. The van der Waals surface area contributed by atoms with Crippen LogP contribution in [0.1, 0.15) is 19.3 Å². The summed E-state index contributed by atoms with van der Waals surface area (Å²) in [5, 5.41) is 13.0. The van der Waals surface area contributed by atoms with E-state index in [1.807, 2.05) is 0 Å². The maximum absolute atomic E-state index is 11.7. The molecule has 0 aromatic heterocycles. The van der Waals surface area contributed by atoms with Gasteiger partial charge < -0.3 is 16.2 Å². The Hall–Kier alpha value is -1.31. The molecule has 1 aliphatic rings. The quantitative estimate of drug-likeness (QED) is 0.590. The third-order valence-electron chi connectivity index (χ3n) is 3.47. The lowest BCUT2D eigenvalue weighted by Gasteiger charge is -2.36. The summed E-state index contributed by atoms with van der Waals surface area (Å²) in [5.41, 5.74) is 6.00. The first kappa shape index (κ1) is 14.1. The van der Waals surface area contributed by atoms with E-state index in [2.05, 4.69) is 10.0 Å². The molecule has 0 aliphatic heterocycles. The first-order valence-electron chi connectivity index (χ1n) is 6.16. The highest BCUT2D eigenvalue weighted by molar-refractivity contribution is 7.89. The third-order valence-corrected chi connectivity index (χ3v) is 4.96. The molecule has 2 rings (SSSR count). The van der Waals surface area contributed by atoms with E-state index in [1.54, 1.807) is 12.1 Å². The lowest BCUT2D eigenvalue weighted by atomic mass is 9.80. The molecule has 1 aliphatic carbocycles. The first-order chi connectivity index (χ1) is 8.86. The van der Waals surface area contributed by atoms with E-state index in [0.717, 1.165) is 19.3 Å². The Morgan fingerprint density at radius 1 is 1.42 bits per heavy atom. The smallest absolute Gasteiger partial charge is 0.242 e. The zero-order chi connectivity index (χ0) is 14.1. The topological polar surface area (TPSA) is 104 Å². The number of hydrogen-bond acceptors (Lipinski definition) is 5. The fourth-order valence-electron chi connectivity index (χ4n) is 2.04. The minimum Gasteiger partial charge on any atom is -0.398 e. The fourth-order valence-corrected chi connectivity index (χ4v) is 2.88. The van der Waals surface area contributed by atoms with Gasteiger partial charge in [0, 0.05) is 12.2 Å². The van der Waals surface area contributed by atoms with Crippen molar-refractivity contribution >= 4 is 21.4 Å². The van der Waals surface area contributed by atoms with E-state index in [9.17, 15) is 13.5 Å². The molecular weight excluding hydrogens is 266 g/mol. The maximum Gasteiger partial charge on any atom is 0.242 e. The lowest BCUT2D eigenvalue weighted by Crippen LogP contribution is -2.43. The highest BCUT2D eigenvalue weighted by Gasteiger charge is 2.33. The van der Waals surface area contributed by atoms with Gasteiger partial charge in [-0.3, -0.25) is 0 Å². The van der Waals surface area contributed by atoms with Gasteiger partial charge in [0.1, 0.15) is 4.90 Å². The van der Waals surface area contributed by atoms with Gasteiger partial charge in [-0.15, -0.1) is 0 Å². The Labute approximate surface area is 113 Å². The summed E-state index contributed by atoms with van der Waals surface area (Å²) in [6, 6.07) is 4.66. The summed E-state index contributed by atoms with van der Waals surface area (Å²) >= 11 is 0. The number of nitrogens with one attached hydrogen (secondary N) is 2.